The number of hydrogen-bond acceptors (Lipinski definition) is 3. The van der Waals surface area contributed by atoms with Gasteiger partial charge in [0.1, 0.15) is 17.3 Å². The third-order valence-corrected chi connectivity index (χ3v) is 6.06. The van der Waals surface area contributed by atoms with Crippen LogP contribution in [0.2, 0.25) is 0 Å². The summed E-state index contributed by atoms with van der Waals surface area (Å²) in [6.07, 6.45) is 4.62. The molecule has 2 aromatic carbocycles. The summed E-state index contributed by atoms with van der Waals surface area (Å²) in [5.74, 6) is -2.05. The van der Waals surface area contributed by atoms with Crippen molar-refractivity contribution >= 4 is 16.2 Å². The minimum atomic E-state index is -4.39. The molecule has 1 aliphatic rings. The Kier molecular flexibility index (Phi) is 6.21. The Hall–Kier alpha value is -2.91. The van der Waals surface area contributed by atoms with Crippen LogP contribution in [0.4, 0.5) is 13.2 Å². The molecule has 0 amide bonds. The van der Waals surface area contributed by atoms with E-state index < -0.39 is 21.8 Å². The lowest BCUT2D eigenvalue weighted by Crippen LogP contribution is -2.12. The van der Waals surface area contributed by atoms with Gasteiger partial charge in [-0.25, -0.2) is 17.9 Å². The fraction of sp³-hybridized carbons (Fsp3) is 0.261. The Bertz CT molecular complexity index is 1290. The van der Waals surface area contributed by atoms with Crippen LogP contribution in [0.25, 0.3) is 11.8 Å². The zero-order chi connectivity index (χ0) is 22.9. The number of rotatable bonds is 5. The quantitative estimate of drug-likeness (QED) is 0.418. The summed E-state index contributed by atoms with van der Waals surface area (Å²) in [6, 6.07) is 9.40. The lowest BCUT2D eigenvalue weighted by Gasteiger charge is -2.19. The van der Waals surface area contributed by atoms with Crippen LogP contribution in [0.5, 0.6) is 0 Å². The van der Waals surface area contributed by atoms with Crippen LogP contribution in [0, 0.1) is 17.5 Å². The van der Waals surface area contributed by atoms with E-state index in [1.807, 2.05) is 6.07 Å². The smallest absolute Gasteiger partial charge is 0.282 e. The molecular weight excluding hydrogens is 441 g/mol. The Morgan fingerprint density at radius 1 is 1.09 bits per heavy atom. The van der Waals surface area contributed by atoms with E-state index in [2.05, 4.69) is 5.10 Å². The van der Waals surface area contributed by atoms with Gasteiger partial charge in [0.15, 0.2) is 5.82 Å². The van der Waals surface area contributed by atoms with Gasteiger partial charge in [-0.15, -0.1) is 0 Å². The standard InChI is InChI=1S/C23H21F3N2O3S/c24-17-6-3-4-15(13-17)12-16-5-1-2-7-19-21(10-11-32(29,30)31)27-28(23(16)19)22-9-8-18(25)14-20(22)26/h3-4,6,8-11,13-14,16H,1-2,5,7,12H2,(H,29,30,31). The SMILES string of the molecule is O=S(=O)(O)C=Cc1nn(-c2ccc(F)cc2F)c2c1CCCCC2Cc1cccc(F)c1. The Morgan fingerprint density at radius 2 is 1.88 bits per heavy atom. The predicted molar refractivity (Wildman–Crippen MR) is 114 cm³/mol. The largest absolute Gasteiger partial charge is 0.287 e. The highest BCUT2D eigenvalue weighted by Gasteiger charge is 2.28. The zero-order valence-electron chi connectivity index (χ0n) is 17.0. The summed E-state index contributed by atoms with van der Waals surface area (Å²) in [5.41, 5.74) is 2.48. The molecule has 1 aliphatic carbocycles. The van der Waals surface area contributed by atoms with Crippen molar-refractivity contribution in [1.82, 2.24) is 9.78 Å². The van der Waals surface area contributed by atoms with Gasteiger partial charge < -0.3 is 0 Å². The van der Waals surface area contributed by atoms with Gasteiger partial charge in [-0.1, -0.05) is 18.6 Å². The van der Waals surface area contributed by atoms with Crippen molar-refractivity contribution in [2.24, 2.45) is 0 Å². The van der Waals surface area contributed by atoms with E-state index in [1.54, 1.807) is 6.07 Å². The van der Waals surface area contributed by atoms with E-state index in [9.17, 15) is 21.6 Å². The first kappa shape index (κ1) is 22.3. The molecule has 0 aliphatic heterocycles. The first-order valence-corrected chi connectivity index (χ1v) is 11.7. The van der Waals surface area contributed by atoms with Gasteiger partial charge >= 0.3 is 0 Å². The lowest BCUT2D eigenvalue weighted by molar-refractivity contribution is 0.494. The monoisotopic (exact) mass is 462 g/mol. The molecular formula is C23H21F3N2O3S. The highest BCUT2D eigenvalue weighted by Crippen LogP contribution is 2.37. The molecule has 1 N–H and O–H groups in total. The van der Waals surface area contributed by atoms with Crippen LogP contribution in [0.15, 0.2) is 47.9 Å². The van der Waals surface area contributed by atoms with Gasteiger partial charge in [0, 0.05) is 17.5 Å². The van der Waals surface area contributed by atoms with Gasteiger partial charge in [0.2, 0.25) is 0 Å². The Labute approximate surface area is 184 Å². The van der Waals surface area contributed by atoms with E-state index in [1.165, 1.54) is 29.0 Å². The topological polar surface area (TPSA) is 72.2 Å². The summed E-state index contributed by atoms with van der Waals surface area (Å²) in [5, 5.41) is 5.06. The third kappa shape index (κ3) is 4.94. The third-order valence-electron chi connectivity index (χ3n) is 5.58. The van der Waals surface area contributed by atoms with E-state index in [-0.39, 0.29) is 23.1 Å². The first-order chi connectivity index (χ1) is 15.2. The van der Waals surface area contributed by atoms with E-state index >= 15 is 0 Å². The van der Waals surface area contributed by atoms with Crippen LogP contribution >= 0.6 is 0 Å². The average molecular weight is 462 g/mol. The number of fused-ring (bicyclic) bond motifs is 1. The second-order valence-corrected chi connectivity index (χ2v) is 9.15. The molecule has 5 nitrogen and oxygen atoms in total. The van der Waals surface area contributed by atoms with Crippen LogP contribution in [0.1, 0.15) is 47.7 Å². The molecule has 0 bridgehead atoms. The van der Waals surface area contributed by atoms with Crippen LogP contribution < -0.4 is 0 Å². The molecule has 1 unspecified atom stereocenters. The maximum absolute atomic E-state index is 14.7. The molecule has 0 saturated carbocycles. The lowest BCUT2D eigenvalue weighted by atomic mass is 9.91. The normalized spacial score (nSPS) is 16.8. The molecule has 9 heteroatoms. The summed E-state index contributed by atoms with van der Waals surface area (Å²) in [7, 11) is -4.39. The Morgan fingerprint density at radius 3 is 2.59 bits per heavy atom. The number of aromatic nitrogens is 2. The summed E-state index contributed by atoms with van der Waals surface area (Å²) in [4.78, 5) is 0. The number of benzene rings is 2. The molecule has 1 atom stereocenters. The molecule has 1 heterocycles. The Balaban J connectivity index is 1.89. The van der Waals surface area contributed by atoms with E-state index in [4.69, 9.17) is 4.55 Å². The predicted octanol–water partition coefficient (Wildman–Crippen LogP) is 5.20. The van der Waals surface area contributed by atoms with Crippen molar-refractivity contribution in [3.8, 4) is 5.69 Å². The van der Waals surface area contributed by atoms with Gasteiger partial charge in [-0.05, 0) is 61.6 Å². The van der Waals surface area contributed by atoms with Gasteiger partial charge in [-0.2, -0.15) is 13.5 Å². The van der Waals surface area contributed by atoms with E-state index in [0.717, 1.165) is 42.5 Å². The van der Waals surface area contributed by atoms with Gasteiger partial charge in [-0.3, -0.25) is 4.55 Å². The average Bonchev–Trinajstić information content (AvgIpc) is 2.93. The maximum atomic E-state index is 14.7. The maximum Gasteiger partial charge on any atom is 0.287 e. The molecule has 3 aromatic rings. The summed E-state index contributed by atoms with van der Waals surface area (Å²) < 4.78 is 75.0. The molecule has 0 spiro atoms. The van der Waals surface area contributed by atoms with Crippen molar-refractivity contribution in [2.75, 3.05) is 0 Å². The van der Waals surface area contributed by atoms with Crippen molar-refractivity contribution in [1.29, 1.82) is 0 Å². The molecule has 1 aromatic heterocycles. The minimum Gasteiger partial charge on any atom is -0.282 e. The van der Waals surface area contributed by atoms with Crippen LogP contribution in [-0.2, 0) is 23.0 Å². The second kappa shape index (κ2) is 8.91. The van der Waals surface area contributed by atoms with Gasteiger partial charge in [0.25, 0.3) is 10.1 Å². The van der Waals surface area contributed by atoms with E-state index in [0.29, 0.717) is 23.9 Å². The van der Waals surface area contributed by atoms with Gasteiger partial charge in [0.05, 0.1) is 16.8 Å². The van der Waals surface area contributed by atoms with Crippen molar-refractivity contribution in [3.63, 3.8) is 0 Å². The fourth-order valence-electron chi connectivity index (χ4n) is 4.25. The van der Waals surface area contributed by atoms with Crippen LogP contribution in [-0.4, -0.2) is 22.8 Å². The minimum absolute atomic E-state index is 0.0281. The summed E-state index contributed by atoms with van der Waals surface area (Å²) in [6.45, 7) is 0. The first-order valence-electron chi connectivity index (χ1n) is 10.2. The zero-order valence-corrected chi connectivity index (χ0v) is 17.8. The number of hydrogen-bond donors (Lipinski definition) is 1. The fourth-order valence-corrected chi connectivity index (χ4v) is 4.55. The molecule has 32 heavy (non-hydrogen) atoms. The molecule has 0 saturated heterocycles. The van der Waals surface area contributed by atoms with Crippen molar-refractivity contribution in [3.05, 3.63) is 87.8 Å². The highest BCUT2D eigenvalue weighted by molar-refractivity contribution is 7.88. The second-order valence-electron chi connectivity index (χ2n) is 7.85. The molecule has 168 valence electrons. The molecule has 0 fully saturated rings. The van der Waals surface area contributed by atoms with Crippen molar-refractivity contribution < 1.29 is 26.1 Å². The molecule has 0 radical (unpaired) electrons. The number of nitrogens with zero attached hydrogens (tertiary/aromatic N) is 2. The van der Waals surface area contributed by atoms with Crippen LogP contribution in [0.3, 0.4) is 0 Å². The highest BCUT2D eigenvalue weighted by atomic mass is 32.2. The molecule has 4 rings (SSSR count). The number of halogens is 3. The summed E-state index contributed by atoms with van der Waals surface area (Å²) >= 11 is 0. The van der Waals surface area contributed by atoms with Crippen molar-refractivity contribution in [2.45, 2.75) is 38.0 Å².